The number of nitrogens with one attached hydrogen (secondary N) is 1. The van der Waals surface area contributed by atoms with E-state index in [4.69, 9.17) is 33.3 Å². The molecule has 1 aliphatic rings. The third-order valence-electron chi connectivity index (χ3n) is 5.59. The van der Waals surface area contributed by atoms with Gasteiger partial charge in [0.05, 0.1) is 22.7 Å². The monoisotopic (exact) mass is 556 g/mol. The molecule has 0 aromatic heterocycles. The Hall–Kier alpha value is -3.40. The van der Waals surface area contributed by atoms with E-state index >= 15 is 0 Å². The van der Waals surface area contributed by atoms with Gasteiger partial charge in [0.2, 0.25) is 0 Å². The number of amides is 2. The van der Waals surface area contributed by atoms with Gasteiger partial charge in [0.15, 0.2) is 22.4 Å². The first kappa shape index (κ1) is 26.7. The summed E-state index contributed by atoms with van der Waals surface area (Å²) in [5, 5.41) is 2.71. The molecule has 1 saturated heterocycles. The number of carbonyl (C=O) groups is 2. The van der Waals surface area contributed by atoms with Gasteiger partial charge in [-0.15, -0.1) is 0 Å². The Labute approximate surface area is 228 Å². The van der Waals surface area contributed by atoms with E-state index in [0.29, 0.717) is 37.7 Å². The highest BCUT2D eigenvalue weighted by Crippen LogP contribution is 2.38. The minimum atomic E-state index is -0.580. The second-order valence-corrected chi connectivity index (χ2v) is 10.2. The fraction of sp³-hybridized carbons (Fsp3) is 0.148. The number of thioether (sulfide) groups is 1. The number of rotatable bonds is 7. The number of thiocarbonyl (C=S) groups is 1. The fourth-order valence-corrected chi connectivity index (χ4v) is 4.99. The molecule has 0 spiro atoms. The van der Waals surface area contributed by atoms with Gasteiger partial charge >= 0.3 is 0 Å². The van der Waals surface area contributed by atoms with Crippen molar-refractivity contribution in [2.45, 2.75) is 13.8 Å². The molecule has 10 heteroatoms. The van der Waals surface area contributed by atoms with E-state index in [-0.39, 0.29) is 23.4 Å². The van der Waals surface area contributed by atoms with Crippen molar-refractivity contribution in [2.75, 3.05) is 23.9 Å². The zero-order chi connectivity index (χ0) is 26.7. The van der Waals surface area contributed by atoms with Crippen LogP contribution in [0.25, 0.3) is 6.08 Å². The van der Waals surface area contributed by atoms with Crippen molar-refractivity contribution < 1.29 is 23.5 Å². The first-order chi connectivity index (χ1) is 17.7. The molecule has 1 heterocycles. The summed E-state index contributed by atoms with van der Waals surface area (Å²) in [5.41, 5.74) is 3.97. The highest BCUT2D eigenvalue weighted by molar-refractivity contribution is 8.27. The van der Waals surface area contributed by atoms with Gasteiger partial charge in [-0.2, -0.15) is 0 Å². The Kier molecular flexibility index (Phi) is 8.16. The molecule has 0 bridgehead atoms. The van der Waals surface area contributed by atoms with Crippen LogP contribution in [-0.2, 0) is 9.59 Å². The quantitative estimate of drug-likeness (QED) is 0.264. The van der Waals surface area contributed by atoms with Gasteiger partial charge in [0.1, 0.15) is 5.82 Å². The Morgan fingerprint density at radius 2 is 1.89 bits per heavy atom. The van der Waals surface area contributed by atoms with Crippen molar-refractivity contribution in [3.8, 4) is 11.5 Å². The van der Waals surface area contributed by atoms with Crippen LogP contribution < -0.4 is 19.7 Å². The predicted octanol–water partition coefficient (Wildman–Crippen LogP) is 6.53. The van der Waals surface area contributed by atoms with Gasteiger partial charge in [-0.1, -0.05) is 47.7 Å². The molecule has 3 aromatic carbocycles. The van der Waals surface area contributed by atoms with Crippen LogP contribution in [0.15, 0.2) is 59.5 Å². The summed E-state index contributed by atoms with van der Waals surface area (Å²) in [7, 11) is 1.48. The van der Waals surface area contributed by atoms with Crippen LogP contribution in [0.5, 0.6) is 11.5 Å². The second-order valence-electron chi connectivity index (χ2n) is 8.16. The third-order valence-corrected chi connectivity index (χ3v) is 7.18. The van der Waals surface area contributed by atoms with Gasteiger partial charge in [-0.3, -0.25) is 14.5 Å². The molecule has 1 fully saturated rings. The maximum Gasteiger partial charge on any atom is 0.270 e. The minimum Gasteiger partial charge on any atom is -0.493 e. The summed E-state index contributed by atoms with van der Waals surface area (Å²) in [5.74, 6) is -0.459. The Balaban J connectivity index is 1.45. The average molecular weight is 557 g/mol. The Morgan fingerprint density at radius 1 is 1.11 bits per heavy atom. The molecule has 0 radical (unpaired) electrons. The molecule has 0 atom stereocenters. The number of hydrogen-bond donors (Lipinski definition) is 1. The van der Waals surface area contributed by atoms with E-state index in [0.717, 1.165) is 22.9 Å². The van der Waals surface area contributed by atoms with E-state index in [9.17, 15) is 14.0 Å². The molecule has 2 amide bonds. The standard InChI is InChI=1S/C27H22ClFN2O4S2/c1-15-4-6-18(10-16(15)2)30-25(32)14-35-22-9-5-17(11-23(22)34-3)12-24-26(33)31(27(36)37-24)19-7-8-21(29)20(28)13-19/h4-13H,14H2,1-3H3,(H,30,32)/b24-12+. The number of methoxy groups -OCH3 is 1. The van der Waals surface area contributed by atoms with Gasteiger partial charge in [-0.25, -0.2) is 4.39 Å². The summed E-state index contributed by atoms with van der Waals surface area (Å²) in [6, 6.07) is 14.8. The van der Waals surface area contributed by atoms with E-state index in [2.05, 4.69) is 5.32 Å². The average Bonchev–Trinajstić information content (AvgIpc) is 3.14. The molecule has 6 nitrogen and oxygen atoms in total. The Bertz CT molecular complexity index is 1440. The molecule has 0 unspecified atom stereocenters. The van der Waals surface area contributed by atoms with E-state index in [1.807, 2.05) is 32.0 Å². The number of aryl methyl sites for hydroxylation is 2. The van der Waals surface area contributed by atoms with Crippen molar-refractivity contribution in [2.24, 2.45) is 0 Å². The van der Waals surface area contributed by atoms with Crippen LogP contribution in [0, 0.1) is 19.7 Å². The lowest BCUT2D eigenvalue weighted by atomic mass is 10.1. The van der Waals surface area contributed by atoms with E-state index in [1.54, 1.807) is 24.3 Å². The normalized spacial score (nSPS) is 14.3. The smallest absolute Gasteiger partial charge is 0.270 e. The number of anilines is 2. The molecule has 3 aromatic rings. The van der Waals surface area contributed by atoms with Crippen LogP contribution in [0.4, 0.5) is 15.8 Å². The first-order valence-corrected chi connectivity index (χ1v) is 12.7. The molecule has 0 aliphatic carbocycles. The van der Waals surface area contributed by atoms with Crippen LogP contribution in [0.1, 0.15) is 16.7 Å². The van der Waals surface area contributed by atoms with Crippen molar-refractivity contribution in [3.63, 3.8) is 0 Å². The van der Waals surface area contributed by atoms with Crippen LogP contribution in [0.2, 0.25) is 5.02 Å². The zero-order valence-electron chi connectivity index (χ0n) is 20.1. The summed E-state index contributed by atoms with van der Waals surface area (Å²) in [6.45, 7) is 3.77. The maximum absolute atomic E-state index is 13.5. The van der Waals surface area contributed by atoms with Crippen molar-refractivity contribution >= 4 is 69.2 Å². The van der Waals surface area contributed by atoms with Crippen molar-refractivity contribution in [1.82, 2.24) is 0 Å². The van der Waals surface area contributed by atoms with Crippen molar-refractivity contribution in [3.05, 3.63) is 87.0 Å². The van der Waals surface area contributed by atoms with Crippen LogP contribution in [0.3, 0.4) is 0 Å². The molecule has 0 saturated carbocycles. The number of ether oxygens (including phenoxy) is 2. The molecule has 1 N–H and O–H groups in total. The number of hydrogen-bond acceptors (Lipinski definition) is 6. The lowest BCUT2D eigenvalue weighted by Crippen LogP contribution is -2.27. The number of benzene rings is 3. The molecular formula is C27H22ClFN2O4S2. The Morgan fingerprint density at radius 3 is 2.59 bits per heavy atom. The largest absolute Gasteiger partial charge is 0.493 e. The number of nitrogens with zero attached hydrogens (tertiary/aromatic N) is 1. The van der Waals surface area contributed by atoms with Crippen LogP contribution >= 0.6 is 35.6 Å². The summed E-state index contributed by atoms with van der Waals surface area (Å²) >= 11 is 12.4. The van der Waals surface area contributed by atoms with Gasteiger partial charge in [0, 0.05) is 5.69 Å². The summed E-state index contributed by atoms with van der Waals surface area (Å²) < 4.78 is 25.0. The highest BCUT2D eigenvalue weighted by Gasteiger charge is 2.33. The van der Waals surface area contributed by atoms with E-state index in [1.165, 1.54) is 30.2 Å². The topological polar surface area (TPSA) is 67.9 Å². The predicted molar refractivity (Wildman–Crippen MR) is 150 cm³/mol. The van der Waals surface area contributed by atoms with Crippen LogP contribution in [-0.4, -0.2) is 29.9 Å². The number of halogens is 2. The summed E-state index contributed by atoms with van der Waals surface area (Å²) in [6.07, 6.45) is 1.67. The minimum absolute atomic E-state index is 0.0986. The molecule has 37 heavy (non-hydrogen) atoms. The lowest BCUT2D eigenvalue weighted by Gasteiger charge is -2.14. The maximum atomic E-state index is 13.5. The van der Waals surface area contributed by atoms with Gasteiger partial charge < -0.3 is 14.8 Å². The van der Waals surface area contributed by atoms with Gasteiger partial charge in [-0.05, 0) is 79.1 Å². The molecule has 190 valence electrons. The SMILES string of the molecule is COc1cc(/C=C2/SC(=S)N(c3ccc(F)c(Cl)c3)C2=O)ccc1OCC(=O)Nc1ccc(C)c(C)c1. The molecular weight excluding hydrogens is 535 g/mol. The van der Waals surface area contributed by atoms with Gasteiger partial charge in [0.25, 0.3) is 11.8 Å². The first-order valence-electron chi connectivity index (χ1n) is 11.1. The fourth-order valence-electron chi connectivity index (χ4n) is 3.52. The zero-order valence-corrected chi connectivity index (χ0v) is 22.5. The number of carbonyl (C=O) groups excluding carboxylic acids is 2. The molecule has 1 aliphatic heterocycles. The lowest BCUT2D eigenvalue weighted by molar-refractivity contribution is -0.118. The molecule has 4 rings (SSSR count). The summed E-state index contributed by atoms with van der Waals surface area (Å²) in [4.78, 5) is 27.1. The second kappa shape index (κ2) is 11.3. The van der Waals surface area contributed by atoms with E-state index < -0.39 is 5.82 Å². The highest BCUT2D eigenvalue weighted by atomic mass is 35.5. The third kappa shape index (κ3) is 6.12. The van der Waals surface area contributed by atoms with Crippen molar-refractivity contribution in [1.29, 1.82) is 0 Å².